The first-order chi connectivity index (χ1) is 8.45. The van der Waals surface area contributed by atoms with Gasteiger partial charge in [0.15, 0.2) is 0 Å². The standard InChI is InChI=1S/C11H18N2O3S2/c1-11(3-2-4-16-11)8-13-18(14,15)10-5-9(6-12)17-7-10/h5,7,13H,2-4,6,8,12H2,1H3. The lowest BCUT2D eigenvalue weighted by Crippen LogP contribution is -2.39. The molecule has 1 aliphatic heterocycles. The number of hydrogen-bond acceptors (Lipinski definition) is 5. The predicted octanol–water partition coefficient (Wildman–Crippen LogP) is 1.05. The van der Waals surface area contributed by atoms with Crippen LogP contribution in [-0.2, 0) is 21.3 Å². The lowest BCUT2D eigenvalue weighted by Gasteiger charge is -2.23. The molecule has 102 valence electrons. The van der Waals surface area contributed by atoms with Crippen LogP contribution in [0.1, 0.15) is 24.6 Å². The third kappa shape index (κ3) is 3.10. The van der Waals surface area contributed by atoms with E-state index < -0.39 is 10.0 Å². The Labute approximate surface area is 111 Å². The Kier molecular flexibility index (Phi) is 4.08. The molecule has 3 N–H and O–H groups in total. The van der Waals surface area contributed by atoms with Crippen LogP contribution in [0.2, 0.25) is 0 Å². The van der Waals surface area contributed by atoms with E-state index in [1.807, 2.05) is 6.92 Å². The summed E-state index contributed by atoms with van der Waals surface area (Å²) in [6, 6.07) is 1.62. The summed E-state index contributed by atoms with van der Waals surface area (Å²) in [7, 11) is -3.45. The average Bonchev–Trinajstić information content (AvgIpc) is 2.96. The Balaban J connectivity index is 2.03. The molecule has 1 saturated heterocycles. The van der Waals surface area contributed by atoms with E-state index in [-0.39, 0.29) is 10.5 Å². The number of nitrogens with two attached hydrogens (primary N) is 1. The fourth-order valence-corrected chi connectivity index (χ4v) is 4.23. The normalized spacial score (nSPS) is 24.6. The van der Waals surface area contributed by atoms with E-state index in [0.717, 1.165) is 17.7 Å². The maximum atomic E-state index is 12.1. The molecule has 0 spiro atoms. The lowest BCUT2D eigenvalue weighted by molar-refractivity contribution is 0.0250. The van der Waals surface area contributed by atoms with Crippen LogP contribution in [0.15, 0.2) is 16.3 Å². The largest absolute Gasteiger partial charge is 0.374 e. The fraction of sp³-hybridized carbons (Fsp3) is 0.636. The Morgan fingerprint density at radius 3 is 2.94 bits per heavy atom. The Hall–Kier alpha value is -0.470. The number of hydrogen-bond donors (Lipinski definition) is 2. The molecule has 0 aromatic carbocycles. The van der Waals surface area contributed by atoms with Crippen molar-refractivity contribution in [1.29, 1.82) is 0 Å². The van der Waals surface area contributed by atoms with E-state index in [1.54, 1.807) is 11.4 Å². The van der Waals surface area contributed by atoms with Crippen LogP contribution in [0.4, 0.5) is 0 Å². The van der Waals surface area contributed by atoms with E-state index in [2.05, 4.69) is 4.72 Å². The van der Waals surface area contributed by atoms with Crippen LogP contribution in [-0.4, -0.2) is 27.2 Å². The summed E-state index contributed by atoms with van der Waals surface area (Å²) >= 11 is 1.36. The number of ether oxygens (including phenoxy) is 1. The summed E-state index contributed by atoms with van der Waals surface area (Å²) in [4.78, 5) is 1.15. The zero-order valence-corrected chi connectivity index (χ0v) is 11.9. The van der Waals surface area contributed by atoms with Crippen molar-refractivity contribution >= 4 is 21.4 Å². The molecule has 2 rings (SSSR count). The van der Waals surface area contributed by atoms with E-state index in [0.29, 0.717) is 19.7 Å². The molecule has 18 heavy (non-hydrogen) atoms. The number of thiophene rings is 1. The molecule has 1 unspecified atom stereocenters. The molecule has 1 atom stereocenters. The zero-order chi connectivity index (χ0) is 13.2. The number of rotatable bonds is 5. The molecule has 0 bridgehead atoms. The Morgan fingerprint density at radius 2 is 2.39 bits per heavy atom. The Morgan fingerprint density at radius 1 is 1.61 bits per heavy atom. The SMILES string of the molecule is CC1(CNS(=O)(=O)c2csc(CN)c2)CCCO1. The summed E-state index contributed by atoms with van der Waals surface area (Å²) in [5, 5.41) is 1.61. The summed E-state index contributed by atoms with van der Waals surface area (Å²) in [6.07, 6.45) is 1.86. The highest BCUT2D eigenvalue weighted by Crippen LogP contribution is 2.25. The van der Waals surface area contributed by atoms with Crippen molar-refractivity contribution in [3.63, 3.8) is 0 Å². The molecule has 1 aromatic rings. The van der Waals surface area contributed by atoms with Gasteiger partial charge in [-0.25, -0.2) is 13.1 Å². The molecule has 0 radical (unpaired) electrons. The summed E-state index contributed by atoms with van der Waals surface area (Å²) in [6.45, 7) is 3.31. The number of sulfonamides is 1. The smallest absolute Gasteiger partial charge is 0.241 e. The minimum Gasteiger partial charge on any atom is -0.374 e. The van der Waals surface area contributed by atoms with Gasteiger partial charge in [0.05, 0.1) is 10.5 Å². The summed E-state index contributed by atoms with van der Waals surface area (Å²) in [5.41, 5.74) is 5.10. The van der Waals surface area contributed by atoms with Gasteiger partial charge in [-0.15, -0.1) is 11.3 Å². The summed E-state index contributed by atoms with van der Waals surface area (Å²) < 4.78 is 32.3. The first kappa shape index (κ1) is 14.0. The quantitative estimate of drug-likeness (QED) is 0.849. The van der Waals surface area contributed by atoms with Gasteiger partial charge in [-0.05, 0) is 25.8 Å². The van der Waals surface area contributed by atoms with Gasteiger partial charge in [0.25, 0.3) is 0 Å². The van der Waals surface area contributed by atoms with Gasteiger partial charge < -0.3 is 10.5 Å². The maximum absolute atomic E-state index is 12.1. The van der Waals surface area contributed by atoms with Crippen molar-refractivity contribution in [2.24, 2.45) is 5.73 Å². The first-order valence-corrected chi connectivity index (χ1v) is 8.23. The molecule has 1 fully saturated rings. The van der Waals surface area contributed by atoms with Crippen molar-refractivity contribution in [3.05, 3.63) is 16.3 Å². The van der Waals surface area contributed by atoms with Crippen molar-refractivity contribution in [3.8, 4) is 0 Å². The van der Waals surface area contributed by atoms with Crippen LogP contribution in [0.5, 0.6) is 0 Å². The van der Waals surface area contributed by atoms with E-state index in [9.17, 15) is 8.42 Å². The topological polar surface area (TPSA) is 81.4 Å². The van der Waals surface area contributed by atoms with E-state index in [1.165, 1.54) is 11.3 Å². The molecule has 0 aliphatic carbocycles. The van der Waals surface area contributed by atoms with E-state index >= 15 is 0 Å². The molecule has 7 heteroatoms. The molecule has 0 amide bonds. The van der Waals surface area contributed by atoms with Gasteiger partial charge >= 0.3 is 0 Å². The first-order valence-electron chi connectivity index (χ1n) is 5.86. The van der Waals surface area contributed by atoms with Gasteiger partial charge in [0.2, 0.25) is 10.0 Å². The monoisotopic (exact) mass is 290 g/mol. The van der Waals surface area contributed by atoms with Gasteiger partial charge in [0, 0.05) is 30.0 Å². The molecule has 2 heterocycles. The van der Waals surface area contributed by atoms with Crippen LogP contribution < -0.4 is 10.5 Å². The van der Waals surface area contributed by atoms with Crippen LogP contribution in [0, 0.1) is 0 Å². The van der Waals surface area contributed by atoms with Gasteiger partial charge in [-0.2, -0.15) is 0 Å². The van der Waals surface area contributed by atoms with Gasteiger partial charge in [0.1, 0.15) is 0 Å². The molecule has 1 aromatic heterocycles. The molecular formula is C11H18N2O3S2. The van der Waals surface area contributed by atoms with Crippen molar-refractivity contribution in [1.82, 2.24) is 4.72 Å². The third-order valence-corrected chi connectivity index (χ3v) is 5.57. The summed E-state index contributed by atoms with van der Waals surface area (Å²) in [5.74, 6) is 0. The lowest BCUT2D eigenvalue weighted by atomic mass is 10.0. The predicted molar refractivity (Wildman–Crippen MR) is 71.0 cm³/mol. The number of nitrogens with one attached hydrogen (secondary N) is 1. The molecule has 1 aliphatic rings. The molecular weight excluding hydrogens is 272 g/mol. The van der Waals surface area contributed by atoms with Gasteiger partial charge in [-0.1, -0.05) is 0 Å². The van der Waals surface area contributed by atoms with Gasteiger partial charge in [-0.3, -0.25) is 0 Å². The minimum atomic E-state index is -3.45. The van der Waals surface area contributed by atoms with Crippen molar-refractivity contribution < 1.29 is 13.2 Å². The Bertz CT molecular complexity index is 504. The van der Waals surface area contributed by atoms with E-state index in [4.69, 9.17) is 10.5 Å². The van der Waals surface area contributed by atoms with Crippen molar-refractivity contribution in [2.45, 2.75) is 36.8 Å². The third-order valence-electron chi connectivity index (χ3n) is 3.08. The second kappa shape index (κ2) is 5.26. The van der Waals surface area contributed by atoms with Crippen LogP contribution >= 0.6 is 11.3 Å². The van der Waals surface area contributed by atoms with Crippen molar-refractivity contribution in [2.75, 3.05) is 13.2 Å². The maximum Gasteiger partial charge on any atom is 0.241 e. The highest BCUT2D eigenvalue weighted by Gasteiger charge is 2.31. The highest BCUT2D eigenvalue weighted by atomic mass is 32.2. The average molecular weight is 290 g/mol. The zero-order valence-electron chi connectivity index (χ0n) is 10.3. The fourth-order valence-electron chi connectivity index (χ4n) is 1.92. The highest BCUT2D eigenvalue weighted by molar-refractivity contribution is 7.89. The second-order valence-electron chi connectivity index (χ2n) is 4.68. The van der Waals surface area contributed by atoms with Crippen LogP contribution in [0.25, 0.3) is 0 Å². The minimum absolute atomic E-state index is 0.287. The second-order valence-corrected chi connectivity index (χ2v) is 7.44. The molecule has 5 nitrogen and oxygen atoms in total. The molecule has 0 saturated carbocycles. The van der Waals surface area contributed by atoms with Crippen LogP contribution in [0.3, 0.4) is 0 Å².